The smallest absolute Gasteiger partial charge is 0.335 e. The van der Waals surface area contributed by atoms with Crippen LogP contribution in [0.15, 0.2) is 141 Å². The zero-order chi connectivity index (χ0) is 38.9. The molecule has 0 unspecified atom stereocenters. The third-order valence-corrected chi connectivity index (χ3v) is 7.26. The van der Waals surface area contributed by atoms with E-state index in [1.54, 1.807) is 37.3 Å². The number of carbonyl (C=O) groups is 4. The van der Waals surface area contributed by atoms with Crippen LogP contribution >= 0.6 is 0 Å². The second kappa shape index (κ2) is 19.9. The van der Waals surface area contributed by atoms with Gasteiger partial charge in [-0.25, -0.2) is 19.2 Å². The molecule has 0 bridgehead atoms. The molecule has 0 aliphatic carbocycles. The van der Waals surface area contributed by atoms with Crippen LogP contribution in [0.2, 0.25) is 0 Å². The van der Waals surface area contributed by atoms with E-state index < -0.39 is 23.9 Å². The van der Waals surface area contributed by atoms with Gasteiger partial charge < -0.3 is 28.4 Å². The van der Waals surface area contributed by atoms with Gasteiger partial charge in [0.2, 0.25) is 6.79 Å². The van der Waals surface area contributed by atoms with Crippen molar-refractivity contribution in [3.05, 3.63) is 158 Å². The summed E-state index contributed by atoms with van der Waals surface area (Å²) in [5.41, 5.74) is 4.93. The molecule has 0 saturated heterocycles. The minimum Gasteiger partial charge on any atom is -0.490 e. The van der Waals surface area contributed by atoms with Crippen molar-refractivity contribution in [2.24, 2.45) is 0 Å². The summed E-state index contributed by atoms with van der Waals surface area (Å²) in [6, 6.07) is 25.4. The van der Waals surface area contributed by atoms with Crippen LogP contribution in [-0.4, -0.2) is 43.9 Å². The van der Waals surface area contributed by atoms with E-state index >= 15 is 0 Å². The number of hydrogen-bond donors (Lipinski definition) is 0. The molecule has 0 amide bonds. The Morgan fingerprint density at radius 1 is 0.648 bits per heavy atom. The Bertz CT molecular complexity index is 2130. The monoisotopic (exact) mass is 724 g/mol. The molecule has 4 aromatic carbocycles. The average molecular weight is 725 g/mol. The third kappa shape index (κ3) is 11.6. The minimum atomic E-state index is -0.720. The van der Waals surface area contributed by atoms with E-state index in [4.69, 9.17) is 28.4 Å². The summed E-state index contributed by atoms with van der Waals surface area (Å²) >= 11 is 0. The normalized spacial score (nSPS) is 10.2. The van der Waals surface area contributed by atoms with Crippen molar-refractivity contribution in [3.8, 4) is 51.3 Å². The van der Waals surface area contributed by atoms with Crippen LogP contribution in [0.25, 0.3) is 28.3 Å². The van der Waals surface area contributed by atoms with Gasteiger partial charge in [0.15, 0.2) is 5.75 Å². The highest BCUT2D eigenvalue weighted by atomic mass is 16.7. The van der Waals surface area contributed by atoms with Crippen molar-refractivity contribution in [2.75, 3.05) is 20.0 Å². The maximum atomic E-state index is 12.6. The van der Waals surface area contributed by atoms with E-state index in [1.165, 1.54) is 12.3 Å². The number of carbonyl (C=O) groups excluding carboxylic acids is 4. The molecule has 272 valence electrons. The SMILES string of the molecule is C=CC(=O)O/C=C/c1c(-c2ccc(-c3ccc(OCCOC(=O)C=C)cc3)cc2)ccc(C#Cc2ccc(OCOC(=O)C(=C)C)cc2)c1OC(=O)C=C. The number of esters is 4. The van der Waals surface area contributed by atoms with E-state index in [2.05, 4.69) is 38.2 Å². The Balaban J connectivity index is 1.63. The Kier molecular flexibility index (Phi) is 14.5. The second-order valence-electron chi connectivity index (χ2n) is 11.0. The lowest BCUT2D eigenvalue weighted by Crippen LogP contribution is -2.10. The summed E-state index contributed by atoms with van der Waals surface area (Å²) in [5, 5.41) is 0. The van der Waals surface area contributed by atoms with Gasteiger partial charge in [0.1, 0.15) is 24.7 Å². The first kappa shape index (κ1) is 39.4. The third-order valence-electron chi connectivity index (χ3n) is 7.26. The average Bonchev–Trinajstić information content (AvgIpc) is 3.19. The molecule has 10 heteroatoms. The van der Waals surface area contributed by atoms with E-state index in [9.17, 15) is 19.2 Å². The van der Waals surface area contributed by atoms with E-state index in [1.807, 2.05) is 54.6 Å². The molecule has 0 saturated carbocycles. The first-order chi connectivity index (χ1) is 26.1. The van der Waals surface area contributed by atoms with E-state index in [0.717, 1.165) is 34.9 Å². The van der Waals surface area contributed by atoms with Crippen molar-refractivity contribution in [1.82, 2.24) is 0 Å². The van der Waals surface area contributed by atoms with E-state index in [0.29, 0.717) is 33.8 Å². The summed E-state index contributed by atoms with van der Waals surface area (Å²) in [6.45, 7) is 15.4. The summed E-state index contributed by atoms with van der Waals surface area (Å²) in [7, 11) is 0. The molecule has 0 atom stereocenters. The molecular weight excluding hydrogens is 688 g/mol. The van der Waals surface area contributed by atoms with Crippen LogP contribution in [0.4, 0.5) is 0 Å². The van der Waals surface area contributed by atoms with Gasteiger partial charge in [0.05, 0.1) is 11.8 Å². The van der Waals surface area contributed by atoms with Gasteiger partial charge in [-0.1, -0.05) is 80.6 Å². The van der Waals surface area contributed by atoms with Gasteiger partial charge >= 0.3 is 23.9 Å². The van der Waals surface area contributed by atoms with Crippen molar-refractivity contribution in [1.29, 1.82) is 0 Å². The quantitative estimate of drug-likeness (QED) is 0.0165. The van der Waals surface area contributed by atoms with Crippen LogP contribution in [0.5, 0.6) is 17.2 Å². The lowest BCUT2D eigenvalue weighted by Gasteiger charge is -2.15. The molecule has 0 N–H and O–H groups in total. The van der Waals surface area contributed by atoms with Crippen molar-refractivity contribution in [2.45, 2.75) is 6.92 Å². The fourth-order valence-electron chi connectivity index (χ4n) is 4.58. The van der Waals surface area contributed by atoms with Crippen LogP contribution < -0.4 is 14.2 Å². The van der Waals surface area contributed by atoms with Gasteiger partial charge in [0, 0.05) is 34.9 Å². The fraction of sp³-hybridized carbons (Fsp3) is 0.0909. The lowest BCUT2D eigenvalue weighted by molar-refractivity contribution is -0.145. The lowest BCUT2D eigenvalue weighted by atomic mass is 9.94. The molecular formula is C44H36O10. The Morgan fingerprint density at radius 2 is 1.24 bits per heavy atom. The summed E-state index contributed by atoms with van der Waals surface area (Å²) < 4.78 is 31.8. The van der Waals surface area contributed by atoms with Gasteiger partial charge in [-0.05, 0) is 77.7 Å². The molecule has 0 aliphatic heterocycles. The molecule has 0 fully saturated rings. The summed E-state index contributed by atoms with van der Waals surface area (Å²) in [6.07, 6.45) is 5.83. The molecule has 4 rings (SSSR count). The number of ether oxygens (including phenoxy) is 6. The molecule has 4 aromatic rings. The Hall–Kier alpha value is -7.38. The molecule has 0 aliphatic rings. The first-order valence-electron chi connectivity index (χ1n) is 16.3. The Morgan fingerprint density at radius 3 is 1.87 bits per heavy atom. The maximum absolute atomic E-state index is 12.6. The van der Waals surface area contributed by atoms with Gasteiger partial charge in [0.25, 0.3) is 0 Å². The van der Waals surface area contributed by atoms with Crippen LogP contribution in [0.3, 0.4) is 0 Å². The first-order valence-corrected chi connectivity index (χ1v) is 16.3. The second-order valence-corrected chi connectivity index (χ2v) is 11.0. The predicted octanol–water partition coefficient (Wildman–Crippen LogP) is 7.78. The predicted molar refractivity (Wildman–Crippen MR) is 204 cm³/mol. The zero-order valence-electron chi connectivity index (χ0n) is 29.5. The summed E-state index contributed by atoms with van der Waals surface area (Å²) in [5.74, 6) is 4.85. The number of benzene rings is 4. The molecule has 0 spiro atoms. The van der Waals surface area contributed by atoms with Crippen LogP contribution in [-0.2, 0) is 33.4 Å². The topological polar surface area (TPSA) is 124 Å². The van der Waals surface area contributed by atoms with Crippen LogP contribution in [0.1, 0.15) is 23.6 Å². The number of hydrogen-bond acceptors (Lipinski definition) is 10. The van der Waals surface area contributed by atoms with Gasteiger partial charge in [-0.3, -0.25) is 0 Å². The standard InChI is InChI=1S/C44H36O10/c1-6-40(45)50-26-25-39-38(34-15-13-32(14-16-34)33-17-22-36(23-18-33)49-27-28-51-41(46)7-2)24-19-35(43(39)54-42(47)8-3)12-9-31-10-20-37(21-11-31)52-29-53-44(48)30(4)5/h6-8,10-11,13-26H,1-4,27-29H2,5H3/b26-25+. The number of rotatable bonds is 16. The molecule has 54 heavy (non-hydrogen) atoms. The molecule has 10 nitrogen and oxygen atoms in total. The molecule has 0 aromatic heterocycles. The molecule has 0 radical (unpaired) electrons. The molecule has 0 heterocycles. The zero-order valence-corrected chi connectivity index (χ0v) is 29.5. The van der Waals surface area contributed by atoms with Crippen LogP contribution in [0, 0.1) is 11.8 Å². The summed E-state index contributed by atoms with van der Waals surface area (Å²) in [4.78, 5) is 47.2. The van der Waals surface area contributed by atoms with Gasteiger partial charge in [-0.15, -0.1) is 0 Å². The van der Waals surface area contributed by atoms with Gasteiger partial charge in [-0.2, -0.15) is 0 Å². The maximum Gasteiger partial charge on any atom is 0.335 e. The Labute approximate surface area is 313 Å². The van der Waals surface area contributed by atoms with Crippen molar-refractivity contribution in [3.63, 3.8) is 0 Å². The highest BCUT2D eigenvalue weighted by Gasteiger charge is 2.17. The highest BCUT2D eigenvalue weighted by molar-refractivity contribution is 5.89. The van der Waals surface area contributed by atoms with E-state index in [-0.39, 0.29) is 31.3 Å². The van der Waals surface area contributed by atoms with Crippen molar-refractivity contribution >= 4 is 30.0 Å². The largest absolute Gasteiger partial charge is 0.490 e. The van der Waals surface area contributed by atoms with Crippen molar-refractivity contribution < 1.29 is 47.6 Å². The highest BCUT2D eigenvalue weighted by Crippen LogP contribution is 2.36. The fourth-order valence-corrected chi connectivity index (χ4v) is 4.58. The minimum absolute atomic E-state index is 0.104.